The summed E-state index contributed by atoms with van der Waals surface area (Å²) >= 11 is 2.91. The lowest BCUT2D eigenvalue weighted by molar-refractivity contribution is -0.113. The number of anilines is 1. The minimum Gasteiger partial charge on any atom is -0.325 e. The summed E-state index contributed by atoms with van der Waals surface area (Å²) in [6.07, 6.45) is 1.55. The first kappa shape index (κ1) is 20.8. The van der Waals surface area contributed by atoms with Crippen molar-refractivity contribution in [3.8, 4) is 0 Å². The Labute approximate surface area is 184 Å². The van der Waals surface area contributed by atoms with Gasteiger partial charge < -0.3 is 5.32 Å². The van der Waals surface area contributed by atoms with E-state index in [1.165, 1.54) is 17.3 Å². The van der Waals surface area contributed by atoms with Gasteiger partial charge in [-0.25, -0.2) is 4.98 Å². The van der Waals surface area contributed by atoms with Gasteiger partial charge in [0.25, 0.3) is 5.56 Å². The minimum atomic E-state index is -0.104. The number of carbonyl (C=O) groups is 1. The zero-order valence-corrected chi connectivity index (χ0v) is 18.4. The van der Waals surface area contributed by atoms with Crippen molar-refractivity contribution in [3.63, 3.8) is 0 Å². The second-order valence-corrected chi connectivity index (χ2v) is 9.16. The number of aryl methyl sites for hydroxylation is 3. The van der Waals surface area contributed by atoms with Gasteiger partial charge in [-0.2, -0.15) is 0 Å². The average molecular weight is 438 g/mol. The first-order chi connectivity index (χ1) is 14.6. The van der Waals surface area contributed by atoms with Crippen LogP contribution in [0.15, 0.2) is 69.4 Å². The number of carbonyl (C=O) groups excluding carboxylic acids is 1. The maximum atomic E-state index is 13.1. The highest BCUT2D eigenvalue weighted by Gasteiger charge is 2.22. The summed E-state index contributed by atoms with van der Waals surface area (Å²) in [5.41, 5.74) is 3.87. The molecule has 3 aromatic rings. The van der Waals surface area contributed by atoms with Crippen LogP contribution in [0.3, 0.4) is 0 Å². The standard InChI is InChI=1S/C23H23N3O2S2/c1-16-7-5-6-10-18(16)24-20(27)15-30-23-25-19-12-14-29-21(19)22(28)26(23)13-11-17-8-3-2-4-9-17/h2-10H,11-15H2,1H3,(H,24,27). The van der Waals surface area contributed by atoms with Gasteiger partial charge in [-0.15, -0.1) is 11.8 Å². The van der Waals surface area contributed by atoms with Crippen LogP contribution in [0.5, 0.6) is 0 Å². The minimum absolute atomic E-state index is 0.0141. The fraction of sp³-hybridized carbons (Fsp3) is 0.261. The number of amides is 1. The molecule has 4 rings (SSSR count). The quantitative estimate of drug-likeness (QED) is 0.444. The molecule has 0 saturated heterocycles. The monoisotopic (exact) mass is 437 g/mol. The lowest BCUT2D eigenvalue weighted by Crippen LogP contribution is -2.27. The topological polar surface area (TPSA) is 64.0 Å². The number of hydrogen-bond donors (Lipinski definition) is 1. The molecule has 0 fully saturated rings. The third-order valence-electron chi connectivity index (χ3n) is 4.97. The summed E-state index contributed by atoms with van der Waals surface area (Å²) in [7, 11) is 0. The van der Waals surface area contributed by atoms with Gasteiger partial charge in [0.15, 0.2) is 5.16 Å². The maximum absolute atomic E-state index is 13.1. The highest BCUT2D eigenvalue weighted by molar-refractivity contribution is 8.00. The van der Waals surface area contributed by atoms with Crippen LogP contribution in [0, 0.1) is 6.92 Å². The van der Waals surface area contributed by atoms with Gasteiger partial charge >= 0.3 is 0 Å². The fourth-order valence-electron chi connectivity index (χ4n) is 3.35. The van der Waals surface area contributed by atoms with E-state index in [4.69, 9.17) is 4.98 Å². The first-order valence-corrected chi connectivity index (χ1v) is 11.9. The normalized spacial score (nSPS) is 12.6. The third kappa shape index (κ3) is 4.79. The number of aromatic nitrogens is 2. The third-order valence-corrected chi connectivity index (χ3v) is 7.05. The summed E-state index contributed by atoms with van der Waals surface area (Å²) in [5, 5.41) is 3.57. The Hall–Kier alpha value is -2.51. The van der Waals surface area contributed by atoms with Crippen LogP contribution in [0.25, 0.3) is 0 Å². The van der Waals surface area contributed by atoms with Crippen molar-refractivity contribution in [1.29, 1.82) is 0 Å². The molecule has 1 aliphatic heterocycles. The van der Waals surface area contributed by atoms with Gasteiger partial charge in [0.05, 0.1) is 16.3 Å². The smallest absolute Gasteiger partial charge is 0.268 e. The SMILES string of the molecule is Cc1ccccc1NC(=O)CSc1nc2c(c(=O)n1CCc1ccccc1)SCC2. The van der Waals surface area contributed by atoms with E-state index in [9.17, 15) is 9.59 Å². The number of para-hydroxylation sites is 1. The predicted octanol–water partition coefficient (Wildman–Crippen LogP) is 4.17. The maximum Gasteiger partial charge on any atom is 0.268 e. The van der Waals surface area contributed by atoms with E-state index in [1.807, 2.05) is 49.4 Å². The van der Waals surface area contributed by atoms with Gasteiger partial charge in [0, 0.05) is 24.4 Å². The van der Waals surface area contributed by atoms with Crippen LogP contribution < -0.4 is 10.9 Å². The number of benzene rings is 2. The molecule has 1 aliphatic rings. The van der Waals surface area contributed by atoms with Crippen LogP contribution >= 0.6 is 23.5 Å². The highest BCUT2D eigenvalue weighted by Crippen LogP contribution is 2.29. The number of rotatable bonds is 7. The zero-order valence-electron chi connectivity index (χ0n) is 16.8. The summed E-state index contributed by atoms with van der Waals surface area (Å²) in [5.74, 6) is 0.990. The van der Waals surface area contributed by atoms with Crippen molar-refractivity contribution in [1.82, 2.24) is 9.55 Å². The molecule has 1 N–H and O–H groups in total. The van der Waals surface area contributed by atoms with Crippen molar-refractivity contribution >= 4 is 35.1 Å². The van der Waals surface area contributed by atoms with Crippen molar-refractivity contribution in [2.45, 2.75) is 36.4 Å². The largest absolute Gasteiger partial charge is 0.325 e. The van der Waals surface area contributed by atoms with E-state index in [1.54, 1.807) is 16.3 Å². The molecule has 0 saturated carbocycles. The number of nitrogens with zero attached hydrogens (tertiary/aromatic N) is 2. The molecule has 2 heterocycles. The second-order valence-electron chi connectivity index (χ2n) is 7.11. The van der Waals surface area contributed by atoms with Crippen molar-refractivity contribution in [2.75, 3.05) is 16.8 Å². The summed E-state index contributed by atoms with van der Waals surface area (Å²) in [6.45, 7) is 2.51. The molecule has 0 radical (unpaired) electrons. The molecule has 0 aliphatic carbocycles. The lowest BCUT2D eigenvalue weighted by Gasteiger charge is -2.14. The molecule has 0 bridgehead atoms. The van der Waals surface area contributed by atoms with E-state index in [-0.39, 0.29) is 17.2 Å². The zero-order chi connectivity index (χ0) is 20.9. The van der Waals surface area contributed by atoms with Crippen LogP contribution in [0.1, 0.15) is 16.8 Å². The molecular weight excluding hydrogens is 414 g/mol. The van der Waals surface area contributed by atoms with E-state index < -0.39 is 0 Å². The number of nitrogens with one attached hydrogen (secondary N) is 1. The van der Waals surface area contributed by atoms with Crippen LogP contribution in [-0.4, -0.2) is 27.0 Å². The Kier molecular flexibility index (Phi) is 6.59. The summed E-state index contributed by atoms with van der Waals surface area (Å²) in [6, 6.07) is 17.8. The molecule has 0 atom stereocenters. The average Bonchev–Trinajstić information content (AvgIpc) is 3.23. The number of thioether (sulfide) groups is 2. The van der Waals surface area contributed by atoms with Crippen molar-refractivity contribution in [2.24, 2.45) is 0 Å². The van der Waals surface area contributed by atoms with Crippen molar-refractivity contribution in [3.05, 3.63) is 81.8 Å². The molecule has 30 heavy (non-hydrogen) atoms. The van der Waals surface area contributed by atoms with Gasteiger partial charge in [-0.3, -0.25) is 14.2 Å². The number of hydrogen-bond acceptors (Lipinski definition) is 5. The molecule has 5 nitrogen and oxygen atoms in total. The molecule has 7 heteroatoms. The molecule has 154 valence electrons. The van der Waals surface area contributed by atoms with E-state index in [2.05, 4.69) is 17.4 Å². The predicted molar refractivity (Wildman–Crippen MR) is 124 cm³/mol. The fourth-order valence-corrected chi connectivity index (χ4v) is 5.23. The molecular formula is C23H23N3O2S2. The molecule has 1 amide bonds. The van der Waals surface area contributed by atoms with Crippen LogP contribution in [-0.2, 0) is 24.2 Å². The number of fused-ring (bicyclic) bond motifs is 1. The Morgan fingerprint density at radius 3 is 2.73 bits per heavy atom. The van der Waals surface area contributed by atoms with Crippen LogP contribution in [0.4, 0.5) is 5.69 Å². The van der Waals surface area contributed by atoms with Gasteiger partial charge in [0.1, 0.15) is 0 Å². The molecule has 2 aromatic carbocycles. The molecule has 0 spiro atoms. The Bertz CT molecular complexity index is 1110. The molecule has 1 aromatic heterocycles. The second kappa shape index (κ2) is 9.53. The highest BCUT2D eigenvalue weighted by atomic mass is 32.2. The van der Waals surface area contributed by atoms with E-state index >= 15 is 0 Å². The summed E-state index contributed by atoms with van der Waals surface area (Å²) in [4.78, 5) is 31.1. The Morgan fingerprint density at radius 1 is 1.17 bits per heavy atom. The van der Waals surface area contributed by atoms with Gasteiger partial charge in [0.2, 0.25) is 5.91 Å². The Morgan fingerprint density at radius 2 is 1.93 bits per heavy atom. The summed E-state index contributed by atoms with van der Waals surface area (Å²) < 4.78 is 1.73. The Balaban J connectivity index is 1.51. The van der Waals surface area contributed by atoms with Crippen LogP contribution in [0.2, 0.25) is 0 Å². The molecule has 0 unspecified atom stereocenters. The van der Waals surface area contributed by atoms with E-state index in [0.717, 1.165) is 40.4 Å². The van der Waals surface area contributed by atoms with Gasteiger partial charge in [-0.1, -0.05) is 60.3 Å². The lowest BCUT2D eigenvalue weighted by atomic mass is 10.1. The first-order valence-electron chi connectivity index (χ1n) is 9.90. The van der Waals surface area contributed by atoms with E-state index in [0.29, 0.717) is 11.7 Å². The van der Waals surface area contributed by atoms with Gasteiger partial charge in [-0.05, 0) is 30.5 Å². The van der Waals surface area contributed by atoms with Crippen molar-refractivity contribution < 1.29 is 4.79 Å².